The summed E-state index contributed by atoms with van der Waals surface area (Å²) in [7, 11) is 1.63. The summed E-state index contributed by atoms with van der Waals surface area (Å²) >= 11 is 0. The third kappa shape index (κ3) is 2.00. The van der Waals surface area contributed by atoms with E-state index in [0.29, 0.717) is 18.8 Å². The number of anilines is 1. The van der Waals surface area contributed by atoms with Crippen molar-refractivity contribution in [1.82, 2.24) is 4.90 Å². The lowest BCUT2D eigenvalue weighted by Gasteiger charge is -2.31. The number of rotatable bonds is 2. The van der Waals surface area contributed by atoms with Crippen LogP contribution in [0.2, 0.25) is 0 Å². The largest absolute Gasteiger partial charge is 0.385 e. The quantitative estimate of drug-likeness (QED) is 0.786. The highest BCUT2D eigenvalue weighted by Crippen LogP contribution is 2.45. The molecule has 0 atom stereocenters. The fourth-order valence-electron chi connectivity index (χ4n) is 2.35. The van der Waals surface area contributed by atoms with Gasteiger partial charge in [0.1, 0.15) is 0 Å². The average Bonchev–Trinajstić information content (AvgIpc) is 3.16. The Hall–Kier alpha value is -1.88. The van der Waals surface area contributed by atoms with E-state index in [1.807, 2.05) is 18.2 Å². The van der Waals surface area contributed by atoms with Crippen molar-refractivity contribution in [3.8, 4) is 0 Å². The molecule has 1 saturated heterocycles. The summed E-state index contributed by atoms with van der Waals surface area (Å²) in [4.78, 5) is 26.6. The first-order valence-corrected chi connectivity index (χ1v) is 6.41. The Labute approximate surface area is 111 Å². The van der Waals surface area contributed by atoms with Gasteiger partial charge in [-0.1, -0.05) is 12.1 Å². The minimum absolute atomic E-state index is 0.484. The Balaban J connectivity index is 1.90. The fraction of sp³-hybridized carbons (Fsp3) is 0.429. The first-order chi connectivity index (χ1) is 9.01. The van der Waals surface area contributed by atoms with Crippen molar-refractivity contribution in [2.75, 3.05) is 25.0 Å². The van der Waals surface area contributed by atoms with Gasteiger partial charge in [0.2, 0.25) is 0 Å². The van der Waals surface area contributed by atoms with E-state index in [1.54, 1.807) is 13.1 Å². The van der Waals surface area contributed by atoms with Crippen LogP contribution in [0.4, 0.5) is 5.69 Å². The average molecular weight is 260 g/mol. The van der Waals surface area contributed by atoms with Gasteiger partial charge < -0.3 is 14.9 Å². The lowest BCUT2D eigenvalue weighted by Crippen LogP contribution is -2.53. The van der Waals surface area contributed by atoms with Gasteiger partial charge in [-0.3, -0.25) is 9.59 Å². The highest BCUT2D eigenvalue weighted by molar-refractivity contribution is 6.40. The molecule has 1 aliphatic heterocycles. The van der Waals surface area contributed by atoms with Crippen molar-refractivity contribution < 1.29 is 14.7 Å². The molecule has 100 valence electrons. The zero-order valence-electron chi connectivity index (χ0n) is 10.8. The summed E-state index contributed by atoms with van der Waals surface area (Å²) in [6.45, 7) is 1.02. The molecule has 1 saturated carbocycles. The summed E-state index contributed by atoms with van der Waals surface area (Å²) < 4.78 is 0. The summed E-state index contributed by atoms with van der Waals surface area (Å²) in [6.07, 6.45) is 1.51. The second kappa shape index (κ2) is 4.06. The van der Waals surface area contributed by atoms with Gasteiger partial charge in [0, 0.05) is 25.8 Å². The number of hydrogen-bond donors (Lipinski definition) is 1. The Morgan fingerprint density at radius 3 is 2.58 bits per heavy atom. The van der Waals surface area contributed by atoms with Crippen LogP contribution < -0.4 is 4.90 Å². The van der Waals surface area contributed by atoms with Gasteiger partial charge in [0.15, 0.2) is 0 Å². The normalized spacial score (nSPS) is 21.8. The topological polar surface area (TPSA) is 60.9 Å². The number of aliphatic hydroxyl groups is 1. The van der Waals surface area contributed by atoms with Crippen molar-refractivity contribution >= 4 is 17.5 Å². The summed E-state index contributed by atoms with van der Waals surface area (Å²) in [5.74, 6) is -0.990. The number of carbonyl (C=O) groups excluding carboxylic acids is 2. The maximum atomic E-state index is 12.0. The first-order valence-electron chi connectivity index (χ1n) is 6.41. The molecule has 1 aromatic rings. The van der Waals surface area contributed by atoms with Gasteiger partial charge in [-0.05, 0) is 30.5 Å². The lowest BCUT2D eigenvalue weighted by molar-refractivity contribution is -0.145. The Morgan fingerprint density at radius 2 is 1.89 bits per heavy atom. The molecule has 2 aliphatic rings. The van der Waals surface area contributed by atoms with Crippen LogP contribution in [0.25, 0.3) is 0 Å². The zero-order chi connectivity index (χ0) is 13.6. The molecular formula is C14H16N2O3. The van der Waals surface area contributed by atoms with E-state index in [-0.39, 0.29) is 0 Å². The van der Waals surface area contributed by atoms with Crippen molar-refractivity contribution in [3.05, 3.63) is 29.8 Å². The third-order valence-electron chi connectivity index (χ3n) is 3.85. The monoisotopic (exact) mass is 260 g/mol. The van der Waals surface area contributed by atoms with Gasteiger partial charge in [-0.25, -0.2) is 0 Å². The SMILES string of the molecule is CN1CCN(c2cccc(C3(O)CC3)c2)C(=O)C1=O. The molecule has 0 aromatic heterocycles. The second-order valence-corrected chi connectivity index (χ2v) is 5.27. The van der Waals surface area contributed by atoms with Gasteiger partial charge in [0.25, 0.3) is 0 Å². The van der Waals surface area contributed by atoms with Crippen molar-refractivity contribution in [2.24, 2.45) is 0 Å². The lowest BCUT2D eigenvalue weighted by atomic mass is 10.1. The highest BCUT2D eigenvalue weighted by atomic mass is 16.3. The van der Waals surface area contributed by atoms with E-state index < -0.39 is 17.4 Å². The van der Waals surface area contributed by atoms with Crippen LogP contribution in [-0.2, 0) is 15.2 Å². The number of amides is 2. The number of nitrogens with zero attached hydrogens (tertiary/aromatic N) is 2. The molecule has 1 N–H and O–H groups in total. The molecule has 0 bridgehead atoms. The standard InChI is InChI=1S/C14H16N2O3/c1-15-7-8-16(13(18)12(15)17)11-4-2-3-10(9-11)14(19)5-6-14/h2-4,9,19H,5-8H2,1H3. The molecule has 1 heterocycles. The van der Waals surface area contributed by atoms with E-state index in [4.69, 9.17) is 0 Å². The molecule has 19 heavy (non-hydrogen) atoms. The highest BCUT2D eigenvalue weighted by Gasteiger charge is 2.42. The molecule has 0 unspecified atom stereocenters. The molecule has 0 spiro atoms. The molecule has 0 radical (unpaired) electrons. The van der Waals surface area contributed by atoms with Crippen LogP contribution in [0, 0.1) is 0 Å². The number of benzene rings is 1. The summed E-state index contributed by atoms with van der Waals surface area (Å²) in [5, 5.41) is 10.1. The van der Waals surface area contributed by atoms with Crippen molar-refractivity contribution in [1.29, 1.82) is 0 Å². The van der Waals surface area contributed by atoms with Crippen LogP contribution in [0.3, 0.4) is 0 Å². The molecule has 1 aliphatic carbocycles. The minimum Gasteiger partial charge on any atom is -0.385 e. The predicted molar refractivity (Wildman–Crippen MR) is 69.6 cm³/mol. The molecule has 2 fully saturated rings. The Morgan fingerprint density at radius 1 is 1.16 bits per heavy atom. The number of likely N-dealkylation sites (N-methyl/N-ethyl adjacent to an activating group) is 1. The zero-order valence-corrected chi connectivity index (χ0v) is 10.8. The number of piperazine rings is 1. The van der Waals surface area contributed by atoms with E-state index in [2.05, 4.69) is 0 Å². The van der Waals surface area contributed by atoms with Crippen molar-refractivity contribution in [2.45, 2.75) is 18.4 Å². The molecule has 5 heteroatoms. The number of hydrogen-bond acceptors (Lipinski definition) is 3. The molecular weight excluding hydrogens is 244 g/mol. The molecule has 1 aromatic carbocycles. The Kier molecular flexibility index (Phi) is 2.60. The maximum Gasteiger partial charge on any atom is 0.316 e. The van der Waals surface area contributed by atoms with E-state index >= 15 is 0 Å². The van der Waals surface area contributed by atoms with Gasteiger partial charge in [-0.15, -0.1) is 0 Å². The smallest absolute Gasteiger partial charge is 0.316 e. The van der Waals surface area contributed by atoms with Gasteiger partial charge >= 0.3 is 11.8 Å². The maximum absolute atomic E-state index is 12.0. The van der Waals surface area contributed by atoms with Crippen LogP contribution in [0.1, 0.15) is 18.4 Å². The van der Waals surface area contributed by atoms with Crippen LogP contribution in [0.5, 0.6) is 0 Å². The fourth-order valence-corrected chi connectivity index (χ4v) is 2.35. The summed E-state index contributed by atoms with van der Waals surface area (Å²) in [6, 6.07) is 7.28. The molecule has 5 nitrogen and oxygen atoms in total. The molecule has 3 rings (SSSR count). The van der Waals surface area contributed by atoms with Crippen LogP contribution in [0.15, 0.2) is 24.3 Å². The van der Waals surface area contributed by atoms with Gasteiger partial charge in [-0.2, -0.15) is 0 Å². The predicted octanol–water partition coefficient (Wildman–Crippen LogP) is 0.473. The van der Waals surface area contributed by atoms with E-state index in [0.717, 1.165) is 18.4 Å². The first kappa shape index (κ1) is 12.2. The Bertz CT molecular complexity index is 551. The van der Waals surface area contributed by atoms with Crippen LogP contribution in [-0.4, -0.2) is 42.0 Å². The third-order valence-corrected chi connectivity index (χ3v) is 3.85. The van der Waals surface area contributed by atoms with E-state index in [1.165, 1.54) is 9.80 Å². The van der Waals surface area contributed by atoms with E-state index in [9.17, 15) is 14.7 Å². The van der Waals surface area contributed by atoms with Crippen LogP contribution >= 0.6 is 0 Å². The summed E-state index contributed by atoms with van der Waals surface area (Å²) in [5.41, 5.74) is 0.781. The molecule has 2 amide bonds. The number of carbonyl (C=O) groups is 2. The van der Waals surface area contributed by atoms with Crippen molar-refractivity contribution in [3.63, 3.8) is 0 Å². The second-order valence-electron chi connectivity index (χ2n) is 5.27. The van der Waals surface area contributed by atoms with Gasteiger partial charge in [0.05, 0.1) is 5.60 Å². The minimum atomic E-state index is -0.727.